The van der Waals surface area contributed by atoms with Crippen molar-refractivity contribution in [2.45, 2.75) is 64.4 Å². The van der Waals surface area contributed by atoms with Crippen molar-refractivity contribution in [2.24, 2.45) is 0 Å². The number of nitriles is 1. The summed E-state index contributed by atoms with van der Waals surface area (Å²) in [6.45, 7) is 2.20. The summed E-state index contributed by atoms with van der Waals surface area (Å²) < 4.78 is 0. The molecule has 2 nitrogen and oxygen atoms in total. The average Bonchev–Trinajstić information content (AvgIpc) is 2.16. The fourth-order valence-electron chi connectivity index (χ4n) is 1.35. The lowest BCUT2D eigenvalue weighted by atomic mass is 10.1. The molecular weight excluding hydrogens is 162 g/mol. The molecule has 0 fully saturated rings. The Morgan fingerprint density at radius 1 is 1.08 bits per heavy atom. The third-order valence-corrected chi connectivity index (χ3v) is 2.21. The summed E-state index contributed by atoms with van der Waals surface area (Å²) in [5.74, 6) is 0. The molecule has 0 aromatic heterocycles. The topological polar surface area (TPSA) is 43.7 Å². The molecule has 0 aliphatic heterocycles. The predicted molar refractivity (Wildman–Crippen MR) is 52.7 cm³/mol. The van der Waals surface area contributed by atoms with Crippen LogP contribution in [-0.2, 0) is 5.11 Å². The average molecular weight is 182 g/mol. The largest absolute Gasteiger partial charge is 0.217 e. The van der Waals surface area contributed by atoms with E-state index in [1.807, 2.05) is 0 Å². The molecule has 0 N–H and O–H groups in total. The fraction of sp³-hybridized carbons (Fsp3) is 0.909. The molecule has 1 radical (unpaired) electrons. The third-order valence-electron chi connectivity index (χ3n) is 2.21. The van der Waals surface area contributed by atoms with E-state index in [1.165, 1.54) is 32.1 Å². The Hall–Kier alpha value is -0.550. The van der Waals surface area contributed by atoms with Crippen LogP contribution in [0.4, 0.5) is 0 Å². The van der Waals surface area contributed by atoms with Crippen LogP contribution in [0, 0.1) is 11.3 Å². The zero-order valence-corrected chi connectivity index (χ0v) is 8.59. The Morgan fingerprint density at radius 3 is 2.15 bits per heavy atom. The van der Waals surface area contributed by atoms with Crippen LogP contribution in [-0.4, -0.2) is 6.10 Å². The molecule has 75 valence electrons. The SMILES string of the molecule is CCCCCCCCCC([O])C#N. The van der Waals surface area contributed by atoms with E-state index in [0.29, 0.717) is 6.42 Å². The van der Waals surface area contributed by atoms with Gasteiger partial charge in [0.1, 0.15) is 0 Å². The van der Waals surface area contributed by atoms with Gasteiger partial charge in [0.05, 0.1) is 6.07 Å². The minimum Gasteiger partial charge on any atom is -0.217 e. The molecule has 0 bridgehead atoms. The van der Waals surface area contributed by atoms with Gasteiger partial charge < -0.3 is 0 Å². The first-order valence-corrected chi connectivity index (χ1v) is 5.36. The van der Waals surface area contributed by atoms with Gasteiger partial charge in [-0.05, 0) is 12.8 Å². The quantitative estimate of drug-likeness (QED) is 0.530. The molecule has 13 heavy (non-hydrogen) atoms. The van der Waals surface area contributed by atoms with Gasteiger partial charge in [-0.1, -0.05) is 45.4 Å². The van der Waals surface area contributed by atoms with E-state index in [0.717, 1.165) is 12.8 Å². The summed E-state index contributed by atoms with van der Waals surface area (Å²) in [5, 5.41) is 18.9. The normalized spacial score (nSPS) is 12.4. The second-order valence-electron chi connectivity index (χ2n) is 3.53. The van der Waals surface area contributed by atoms with E-state index in [1.54, 1.807) is 6.07 Å². The maximum absolute atomic E-state index is 10.7. The fourth-order valence-corrected chi connectivity index (χ4v) is 1.35. The van der Waals surface area contributed by atoms with Gasteiger partial charge in [0.25, 0.3) is 0 Å². The molecule has 0 aromatic rings. The monoisotopic (exact) mass is 182 g/mol. The Morgan fingerprint density at radius 2 is 1.62 bits per heavy atom. The first-order valence-electron chi connectivity index (χ1n) is 5.36. The van der Waals surface area contributed by atoms with Gasteiger partial charge >= 0.3 is 0 Å². The molecule has 0 aliphatic rings. The van der Waals surface area contributed by atoms with Crippen molar-refractivity contribution in [1.82, 2.24) is 0 Å². The minimum atomic E-state index is -0.990. The van der Waals surface area contributed by atoms with Crippen molar-refractivity contribution in [2.75, 3.05) is 0 Å². The first kappa shape index (κ1) is 12.4. The van der Waals surface area contributed by atoms with E-state index in [2.05, 4.69) is 6.92 Å². The molecule has 0 amide bonds. The second-order valence-corrected chi connectivity index (χ2v) is 3.53. The predicted octanol–water partition coefficient (Wildman–Crippen LogP) is 3.45. The lowest BCUT2D eigenvalue weighted by Gasteiger charge is -2.00. The van der Waals surface area contributed by atoms with Crippen molar-refractivity contribution in [1.29, 1.82) is 5.26 Å². The summed E-state index contributed by atoms with van der Waals surface area (Å²) in [6, 6.07) is 1.72. The summed E-state index contributed by atoms with van der Waals surface area (Å²) in [4.78, 5) is 0. The Bertz CT molecular complexity index is 140. The van der Waals surface area contributed by atoms with Crippen LogP contribution in [0.1, 0.15) is 58.3 Å². The summed E-state index contributed by atoms with van der Waals surface area (Å²) in [5.41, 5.74) is 0. The van der Waals surface area contributed by atoms with Gasteiger partial charge in [0.15, 0.2) is 6.10 Å². The maximum atomic E-state index is 10.7. The molecule has 0 saturated carbocycles. The van der Waals surface area contributed by atoms with Crippen LogP contribution in [0.5, 0.6) is 0 Å². The molecule has 2 heteroatoms. The van der Waals surface area contributed by atoms with Gasteiger partial charge in [-0.25, -0.2) is 5.11 Å². The lowest BCUT2D eigenvalue weighted by molar-refractivity contribution is 0.125. The Balaban J connectivity index is 2.96. The van der Waals surface area contributed by atoms with Crippen LogP contribution < -0.4 is 0 Å². The van der Waals surface area contributed by atoms with E-state index >= 15 is 0 Å². The zero-order valence-electron chi connectivity index (χ0n) is 8.59. The van der Waals surface area contributed by atoms with E-state index in [-0.39, 0.29) is 0 Å². The summed E-state index contributed by atoms with van der Waals surface area (Å²) in [7, 11) is 0. The van der Waals surface area contributed by atoms with E-state index < -0.39 is 6.10 Å². The number of unbranched alkanes of at least 4 members (excludes halogenated alkanes) is 6. The molecule has 0 spiro atoms. The highest BCUT2D eigenvalue weighted by molar-refractivity contribution is 4.80. The zero-order chi connectivity index (χ0) is 9.94. The molecule has 0 heterocycles. The molecule has 0 rings (SSSR count). The summed E-state index contributed by atoms with van der Waals surface area (Å²) >= 11 is 0. The van der Waals surface area contributed by atoms with E-state index in [4.69, 9.17) is 5.26 Å². The van der Waals surface area contributed by atoms with Gasteiger partial charge in [-0.2, -0.15) is 5.26 Å². The maximum Gasteiger partial charge on any atom is 0.179 e. The number of hydrogen-bond donors (Lipinski definition) is 0. The van der Waals surface area contributed by atoms with Crippen molar-refractivity contribution >= 4 is 0 Å². The lowest BCUT2D eigenvalue weighted by Crippen LogP contribution is -1.99. The molecule has 1 atom stereocenters. The van der Waals surface area contributed by atoms with Crippen LogP contribution in [0.25, 0.3) is 0 Å². The molecular formula is C11H20NO. The van der Waals surface area contributed by atoms with Gasteiger partial charge in [0.2, 0.25) is 0 Å². The van der Waals surface area contributed by atoms with Crippen molar-refractivity contribution in [3.63, 3.8) is 0 Å². The first-order chi connectivity index (χ1) is 6.31. The molecule has 1 unspecified atom stereocenters. The van der Waals surface area contributed by atoms with Crippen molar-refractivity contribution < 1.29 is 5.11 Å². The molecule has 0 aromatic carbocycles. The number of hydrogen-bond acceptors (Lipinski definition) is 1. The van der Waals surface area contributed by atoms with Crippen molar-refractivity contribution in [3.8, 4) is 6.07 Å². The summed E-state index contributed by atoms with van der Waals surface area (Å²) in [6.07, 6.45) is 8.00. The molecule has 0 aliphatic carbocycles. The highest BCUT2D eigenvalue weighted by atomic mass is 16.3. The standard InChI is InChI=1S/C11H20NO/c1-2-3-4-5-6-7-8-9-11(13)10-12/h11H,2-9H2,1H3. The van der Waals surface area contributed by atoms with Gasteiger partial charge in [-0.15, -0.1) is 0 Å². The Kier molecular flexibility index (Phi) is 9.13. The molecule has 0 saturated heterocycles. The van der Waals surface area contributed by atoms with Crippen LogP contribution in [0.2, 0.25) is 0 Å². The second kappa shape index (κ2) is 9.54. The van der Waals surface area contributed by atoms with Gasteiger partial charge in [-0.3, -0.25) is 0 Å². The highest BCUT2D eigenvalue weighted by Gasteiger charge is 2.01. The number of nitrogens with zero attached hydrogens (tertiary/aromatic N) is 1. The number of rotatable bonds is 8. The van der Waals surface area contributed by atoms with E-state index in [9.17, 15) is 5.11 Å². The van der Waals surface area contributed by atoms with Crippen molar-refractivity contribution in [3.05, 3.63) is 0 Å². The van der Waals surface area contributed by atoms with Crippen LogP contribution >= 0.6 is 0 Å². The smallest absolute Gasteiger partial charge is 0.179 e. The van der Waals surface area contributed by atoms with Crippen LogP contribution in [0.15, 0.2) is 0 Å². The van der Waals surface area contributed by atoms with Gasteiger partial charge in [0, 0.05) is 0 Å². The Labute approximate surface area is 81.6 Å². The van der Waals surface area contributed by atoms with Crippen LogP contribution in [0.3, 0.4) is 0 Å². The minimum absolute atomic E-state index is 0.532. The highest BCUT2D eigenvalue weighted by Crippen LogP contribution is 2.09. The third kappa shape index (κ3) is 9.36.